The van der Waals surface area contributed by atoms with Crippen LogP contribution in [0.3, 0.4) is 0 Å². The van der Waals surface area contributed by atoms with Gasteiger partial charge in [0.15, 0.2) is 13.9 Å². The molecule has 1 aromatic carbocycles. The number of rotatable bonds is 6. The number of fused-ring (bicyclic) bond motifs is 2. The van der Waals surface area contributed by atoms with Crippen LogP contribution >= 0.6 is 0 Å². The summed E-state index contributed by atoms with van der Waals surface area (Å²) in [4.78, 5) is 40.2. The highest BCUT2D eigenvalue weighted by atomic mass is 28.4. The van der Waals surface area contributed by atoms with Crippen molar-refractivity contribution < 1.29 is 29.0 Å². The first kappa shape index (κ1) is 22.0. The summed E-state index contributed by atoms with van der Waals surface area (Å²) in [7, 11) is -2.73. The van der Waals surface area contributed by atoms with Crippen LogP contribution in [0.15, 0.2) is 30.9 Å². The van der Waals surface area contributed by atoms with E-state index in [0.29, 0.717) is 43.1 Å². The highest BCUT2D eigenvalue weighted by Gasteiger charge is 2.66. The fraction of sp³-hybridized carbons (Fsp3) is 0.545. The van der Waals surface area contributed by atoms with Gasteiger partial charge < -0.3 is 24.3 Å². The molecule has 3 aliphatic heterocycles. The van der Waals surface area contributed by atoms with E-state index >= 15 is 0 Å². The number of aliphatic hydroxyl groups is 1. The van der Waals surface area contributed by atoms with Crippen LogP contribution in [0.4, 0.5) is 16.2 Å². The van der Waals surface area contributed by atoms with Crippen molar-refractivity contribution in [2.24, 2.45) is 5.92 Å². The number of nitrogens with zero attached hydrogens (tertiary/aromatic N) is 2. The average Bonchev–Trinajstić information content (AvgIpc) is 3.32. The summed E-state index contributed by atoms with van der Waals surface area (Å²) in [5.41, 5.74) is 0.532. The van der Waals surface area contributed by atoms with Crippen molar-refractivity contribution in [3.05, 3.63) is 36.4 Å². The van der Waals surface area contributed by atoms with Gasteiger partial charge in [0.25, 0.3) is 5.91 Å². The highest BCUT2D eigenvalue weighted by molar-refractivity contribution is 6.71. The quantitative estimate of drug-likeness (QED) is 0.514. The lowest BCUT2D eigenvalue weighted by Gasteiger charge is -2.32. The van der Waals surface area contributed by atoms with E-state index < -0.39 is 26.1 Å². The molecule has 0 aliphatic carbocycles. The molecule has 168 valence electrons. The first-order chi connectivity index (χ1) is 14.7. The number of carbonyl (C=O) groups excluding carboxylic acids is 2. The molecule has 9 heteroatoms. The Hall–Kier alpha value is -2.20. The number of aliphatic hydroxyl groups excluding tert-OH is 1. The third-order valence-electron chi connectivity index (χ3n) is 6.77. The molecule has 4 atom stereocenters. The van der Waals surface area contributed by atoms with Crippen molar-refractivity contribution in [2.45, 2.75) is 43.7 Å². The summed E-state index contributed by atoms with van der Waals surface area (Å²) < 4.78 is 11.6. The van der Waals surface area contributed by atoms with Gasteiger partial charge in [-0.2, -0.15) is 0 Å². The smallest absolute Gasteiger partial charge is 0.414 e. The molecular formula is C22H30N2O6Si. The third kappa shape index (κ3) is 3.22. The molecule has 3 aliphatic rings. The molecule has 3 heterocycles. The molecule has 0 saturated carbocycles. The van der Waals surface area contributed by atoms with E-state index in [2.05, 4.69) is 6.58 Å². The van der Waals surface area contributed by atoms with Gasteiger partial charge in [0.2, 0.25) is 0 Å². The Bertz CT molecular complexity index is 916. The minimum Gasteiger partial charge on any atom is -0.447 e. The first-order valence-corrected chi connectivity index (χ1v) is 13.7. The minimum absolute atomic E-state index is 0.0917. The van der Waals surface area contributed by atoms with Gasteiger partial charge in [-0.25, -0.2) is 4.79 Å². The van der Waals surface area contributed by atoms with E-state index in [0.717, 1.165) is 0 Å². The van der Waals surface area contributed by atoms with Crippen LogP contribution in [0.5, 0.6) is 0 Å². The van der Waals surface area contributed by atoms with Crippen LogP contribution in [-0.2, 0) is 19.9 Å². The van der Waals surface area contributed by atoms with Crippen LogP contribution in [0.1, 0.15) is 18.9 Å². The summed E-state index contributed by atoms with van der Waals surface area (Å²) >= 11 is 0. The number of anilines is 2. The number of benzene rings is 1. The number of carbonyl (C=O) groups is 2. The lowest BCUT2D eigenvalue weighted by atomic mass is 9.82. The maximum Gasteiger partial charge on any atom is 0.414 e. The monoisotopic (exact) mass is 446 g/mol. The molecular weight excluding hydrogens is 416 g/mol. The molecule has 2 N–H and O–H groups in total. The maximum absolute atomic E-state index is 13.8. The number of ether oxygens (including phenoxy) is 2. The van der Waals surface area contributed by atoms with Crippen molar-refractivity contribution in [1.29, 1.82) is 0 Å². The number of amides is 2. The third-order valence-corrected chi connectivity index (χ3v) is 9.27. The summed E-state index contributed by atoms with van der Waals surface area (Å²) in [6.07, 6.45) is 1.16. The fourth-order valence-electron chi connectivity index (χ4n) is 5.57. The second kappa shape index (κ2) is 7.74. The van der Waals surface area contributed by atoms with E-state index in [9.17, 15) is 19.5 Å². The van der Waals surface area contributed by atoms with Crippen LogP contribution < -0.4 is 9.80 Å². The fourth-order valence-corrected chi connectivity index (χ4v) is 8.17. The van der Waals surface area contributed by atoms with E-state index in [-0.39, 0.29) is 24.0 Å². The lowest BCUT2D eigenvalue weighted by Crippen LogP contribution is -2.46. The molecule has 0 bridgehead atoms. The predicted molar refractivity (Wildman–Crippen MR) is 119 cm³/mol. The second-order valence-electron chi connectivity index (χ2n) is 9.04. The Morgan fingerprint density at radius 1 is 1.35 bits per heavy atom. The molecule has 4 rings (SSSR count). The number of hydrogen-bond donors (Lipinski definition) is 2. The SMILES string of the molecule is C=CCN1C(=O)[C@@]2(O[C@@H](CCO)[C@H]([Si](C)(C)O)[C@H]2C)c2cc(N3CCOC3=O)ccc21. The zero-order chi connectivity index (χ0) is 22.6. The van der Waals surface area contributed by atoms with Gasteiger partial charge in [0, 0.05) is 35.9 Å². The molecule has 0 radical (unpaired) electrons. The van der Waals surface area contributed by atoms with E-state index in [1.165, 1.54) is 0 Å². The summed E-state index contributed by atoms with van der Waals surface area (Å²) in [6, 6.07) is 5.48. The van der Waals surface area contributed by atoms with Crippen LogP contribution in [0.2, 0.25) is 18.6 Å². The second-order valence-corrected chi connectivity index (χ2v) is 13.0. The molecule has 2 amide bonds. The van der Waals surface area contributed by atoms with Gasteiger partial charge >= 0.3 is 6.09 Å². The van der Waals surface area contributed by atoms with Crippen molar-refractivity contribution in [1.82, 2.24) is 0 Å². The lowest BCUT2D eigenvalue weighted by molar-refractivity contribution is -0.146. The predicted octanol–water partition coefficient (Wildman–Crippen LogP) is 2.36. The minimum atomic E-state index is -2.73. The van der Waals surface area contributed by atoms with Crippen LogP contribution in [-0.4, -0.2) is 62.6 Å². The van der Waals surface area contributed by atoms with Gasteiger partial charge in [-0.15, -0.1) is 6.58 Å². The van der Waals surface area contributed by atoms with E-state index in [1.807, 2.05) is 32.2 Å². The Labute approximate surface area is 183 Å². The average molecular weight is 447 g/mol. The van der Waals surface area contributed by atoms with E-state index in [1.54, 1.807) is 21.9 Å². The Kier molecular flexibility index (Phi) is 5.49. The summed E-state index contributed by atoms with van der Waals surface area (Å²) in [5, 5.41) is 9.63. The molecule has 1 aromatic rings. The van der Waals surface area contributed by atoms with Crippen molar-refractivity contribution in [3.8, 4) is 0 Å². The highest BCUT2D eigenvalue weighted by Crippen LogP contribution is 2.60. The molecule has 0 aromatic heterocycles. The van der Waals surface area contributed by atoms with Crippen molar-refractivity contribution >= 4 is 31.7 Å². The Balaban J connectivity index is 1.87. The van der Waals surface area contributed by atoms with Gasteiger partial charge in [0.1, 0.15) is 6.61 Å². The summed E-state index contributed by atoms with van der Waals surface area (Å²) in [6.45, 7) is 10.4. The topological polar surface area (TPSA) is 99.5 Å². The van der Waals surface area contributed by atoms with E-state index in [4.69, 9.17) is 9.47 Å². The Morgan fingerprint density at radius 3 is 2.68 bits per heavy atom. The zero-order valence-corrected chi connectivity index (χ0v) is 19.2. The molecule has 1 spiro atoms. The van der Waals surface area contributed by atoms with Gasteiger partial charge in [0.05, 0.1) is 18.3 Å². The normalized spacial score (nSPS) is 30.3. The zero-order valence-electron chi connectivity index (χ0n) is 18.2. The molecule has 2 saturated heterocycles. The van der Waals surface area contributed by atoms with Crippen molar-refractivity contribution in [3.63, 3.8) is 0 Å². The van der Waals surface area contributed by atoms with Gasteiger partial charge in [-0.05, 0) is 37.7 Å². The summed E-state index contributed by atoms with van der Waals surface area (Å²) in [5.74, 6) is -0.503. The molecule has 31 heavy (non-hydrogen) atoms. The number of hydrogen-bond acceptors (Lipinski definition) is 6. The standard InChI is InChI=1S/C22H30N2O6Si/c1-5-9-24-17-7-6-15(23-10-12-29-21(23)27)13-16(17)22(20(24)26)14(2)19(31(3,4)28)18(30-22)8-11-25/h5-7,13-14,18-19,25,28H,1,8-12H2,2-4H3/t14-,18+,19-,22+/m1/s1. The van der Waals surface area contributed by atoms with Gasteiger partial charge in [-0.1, -0.05) is 13.0 Å². The molecule has 8 nitrogen and oxygen atoms in total. The molecule has 0 unspecified atom stereocenters. The van der Waals surface area contributed by atoms with Crippen LogP contribution in [0, 0.1) is 5.92 Å². The molecule has 2 fully saturated rings. The van der Waals surface area contributed by atoms with Crippen molar-refractivity contribution in [2.75, 3.05) is 36.1 Å². The first-order valence-electron chi connectivity index (χ1n) is 10.7. The number of cyclic esters (lactones) is 1. The van der Waals surface area contributed by atoms with Crippen LogP contribution in [0.25, 0.3) is 0 Å². The maximum atomic E-state index is 13.8. The largest absolute Gasteiger partial charge is 0.447 e. The van der Waals surface area contributed by atoms with Gasteiger partial charge in [-0.3, -0.25) is 9.69 Å². The Morgan fingerprint density at radius 2 is 2.10 bits per heavy atom.